The van der Waals surface area contributed by atoms with Crippen LogP contribution in [-0.2, 0) is 20.7 Å². The molecule has 0 aromatic heterocycles. The highest BCUT2D eigenvalue weighted by atomic mass is 16.5. The van der Waals surface area contributed by atoms with E-state index in [0.717, 1.165) is 30.5 Å². The van der Waals surface area contributed by atoms with Crippen LogP contribution in [0.3, 0.4) is 0 Å². The molecule has 1 aliphatic rings. The molecule has 1 fully saturated rings. The van der Waals surface area contributed by atoms with Crippen molar-refractivity contribution in [2.45, 2.75) is 32.3 Å². The van der Waals surface area contributed by atoms with Crippen molar-refractivity contribution in [1.29, 1.82) is 0 Å². The number of anilines is 1. The molecule has 1 aromatic rings. The lowest BCUT2D eigenvalue weighted by atomic mass is 10.1. The SMILES string of the molecule is CCc1ccccc1NC(=O)CNC(=O)C1CCCO1. The number of carbonyl (C=O) groups excluding carboxylic acids is 2. The third-order valence-corrected chi connectivity index (χ3v) is 3.32. The smallest absolute Gasteiger partial charge is 0.249 e. The molecule has 0 bridgehead atoms. The van der Waals surface area contributed by atoms with E-state index in [1.54, 1.807) is 0 Å². The van der Waals surface area contributed by atoms with E-state index in [-0.39, 0.29) is 18.4 Å². The lowest BCUT2D eigenvalue weighted by Crippen LogP contribution is -2.39. The Morgan fingerprint density at radius 1 is 1.35 bits per heavy atom. The molecule has 1 saturated heterocycles. The van der Waals surface area contributed by atoms with Crippen LogP contribution in [0, 0.1) is 0 Å². The van der Waals surface area contributed by atoms with Crippen LogP contribution in [0.1, 0.15) is 25.3 Å². The summed E-state index contributed by atoms with van der Waals surface area (Å²) in [5, 5.41) is 5.42. The summed E-state index contributed by atoms with van der Waals surface area (Å²) in [6.45, 7) is 2.62. The van der Waals surface area contributed by atoms with Crippen molar-refractivity contribution in [3.8, 4) is 0 Å². The summed E-state index contributed by atoms with van der Waals surface area (Å²) in [5.41, 5.74) is 1.87. The van der Waals surface area contributed by atoms with Gasteiger partial charge in [-0.2, -0.15) is 0 Å². The second kappa shape index (κ2) is 7.05. The van der Waals surface area contributed by atoms with Crippen molar-refractivity contribution >= 4 is 17.5 Å². The number of benzene rings is 1. The third kappa shape index (κ3) is 3.81. The van der Waals surface area contributed by atoms with E-state index in [2.05, 4.69) is 10.6 Å². The van der Waals surface area contributed by atoms with Gasteiger partial charge in [-0.05, 0) is 30.9 Å². The summed E-state index contributed by atoms with van der Waals surface area (Å²) in [7, 11) is 0. The highest BCUT2D eigenvalue weighted by molar-refractivity contribution is 5.95. The average molecular weight is 276 g/mol. The predicted molar refractivity (Wildman–Crippen MR) is 76.4 cm³/mol. The Balaban J connectivity index is 1.81. The molecule has 0 radical (unpaired) electrons. The van der Waals surface area contributed by atoms with Crippen molar-refractivity contribution in [3.05, 3.63) is 29.8 Å². The first-order valence-corrected chi connectivity index (χ1v) is 6.97. The van der Waals surface area contributed by atoms with Crippen LogP contribution in [0.2, 0.25) is 0 Å². The summed E-state index contributed by atoms with van der Waals surface area (Å²) in [4.78, 5) is 23.5. The normalized spacial score (nSPS) is 17.8. The molecule has 0 spiro atoms. The number of hydrogen-bond donors (Lipinski definition) is 2. The Bertz CT molecular complexity index is 482. The van der Waals surface area contributed by atoms with Gasteiger partial charge in [-0.15, -0.1) is 0 Å². The van der Waals surface area contributed by atoms with Crippen molar-refractivity contribution < 1.29 is 14.3 Å². The fraction of sp³-hybridized carbons (Fsp3) is 0.467. The van der Waals surface area contributed by atoms with E-state index >= 15 is 0 Å². The molecule has 108 valence electrons. The molecular formula is C15H20N2O3. The van der Waals surface area contributed by atoms with Gasteiger partial charge in [0.2, 0.25) is 11.8 Å². The number of carbonyl (C=O) groups is 2. The Hall–Kier alpha value is -1.88. The van der Waals surface area contributed by atoms with E-state index in [4.69, 9.17) is 4.74 Å². The van der Waals surface area contributed by atoms with Crippen LogP contribution in [-0.4, -0.2) is 31.1 Å². The topological polar surface area (TPSA) is 67.4 Å². The maximum Gasteiger partial charge on any atom is 0.249 e. The van der Waals surface area contributed by atoms with E-state index in [1.165, 1.54) is 0 Å². The van der Waals surface area contributed by atoms with Gasteiger partial charge < -0.3 is 15.4 Å². The second-order valence-electron chi connectivity index (χ2n) is 4.78. The minimum atomic E-state index is -0.397. The zero-order valence-electron chi connectivity index (χ0n) is 11.6. The average Bonchev–Trinajstić information content (AvgIpc) is 2.99. The van der Waals surface area contributed by atoms with Crippen LogP contribution >= 0.6 is 0 Å². The van der Waals surface area contributed by atoms with Crippen LogP contribution in [0.5, 0.6) is 0 Å². The monoisotopic (exact) mass is 276 g/mol. The third-order valence-electron chi connectivity index (χ3n) is 3.32. The number of hydrogen-bond acceptors (Lipinski definition) is 3. The fourth-order valence-corrected chi connectivity index (χ4v) is 2.21. The Labute approximate surface area is 118 Å². The molecule has 1 aromatic carbocycles. The van der Waals surface area contributed by atoms with Crippen molar-refractivity contribution in [3.63, 3.8) is 0 Å². The molecule has 1 aliphatic heterocycles. The van der Waals surface area contributed by atoms with Crippen LogP contribution < -0.4 is 10.6 Å². The van der Waals surface area contributed by atoms with Gasteiger partial charge in [0, 0.05) is 12.3 Å². The number of aryl methyl sites for hydroxylation is 1. The van der Waals surface area contributed by atoms with Crippen LogP contribution in [0.4, 0.5) is 5.69 Å². The van der Waals surface area contributed by atoms with Gasteiger partial charge in [0.15, 0.2) is 0 Å². The van der Waals surface area contributed by atoms with E-state index in [9.17, 15) is 9.59 Å². The summed E-state index contributed by atoms with van der Waals surface area (Å²) in [6.07, 6.45) is 2.07. The molecular weight excluding hydrogens is 256 g/mol. The molecule has 0 saturated carbocycles. The molecule has 1 unspecified atom stereocenters. The van der Waals surface area contributed by atoms with Crippen molar-refractivity contribution in [2.75, 3.05) is 18.5 Å². The standard InChI is InChI=1S/C15H20N2O3/c1-2-11-6-3-4-7-12(11)17-14(18)10-16-15(19)13-8-5-9-20-13/h3-4,6-7,13H,2,5,8-10H2,1H3,(H,16,19)(H,17,18). The maximum atomic E-state index is 11.8. The Morgan fingerprint density at radius 3 is 2.85 bits per heavy atom. The van der Waals surface area contributed by atoms with Gasteiger partial charge in [0.05, 0.1) is 6.54 Å². The first-order chi connectivity index (χ1) is 9.70. The van der Waals surface area contributed by atoms with E-state index < -0.39 is 6.10 Å². The van der Waals surface area contributed by atoms with Gasteiger partial charge in [0.25, 0.3) is 0 Å². The van der Waals surface area contributed by atoms with E-state index in [1.807, 2.05) is 31.2 Å². The number of para-hydroxylation sites is 1. The van der Waals surface area contributed by atoms with E-state index in [0.29, 0.717) is 6.61 Å². The maximum absolute atomic E-state index is 11.8. The Morgan fingerprint density at radius 2 is 2.15 bits per heavy atom. The number of amides is 2. The van der Waals surface area contributed by atoms with Crippen LogP contribution in [0.15, 0.2) is 24.3 Å². The second-order valence-corrected chi connectivity index (χ2v) is 4.78. The van der Waals surface area contributed by atoms with Crippen LogP contribution in [0.25, 0.3) is 0 Å². The minimum Gasteiger partial charge on any atom is -0.368 e. The van der Waals surface area contributed by atoms with Gasteiger partial charge in [-0.25, -0.2) is 0 Å². The fourth-order valence-electron chi connectivity index (χ4n) is 2.21. The molecule has 2 rings (SSSR count). The zero-order valence-corrected chi connectivity index (χ0v) is 11.6. The number of rotatable bonds is 5. The molecule has 5 nitrogen and oxygen atoms in total. The quantitative estimate of drug-likeness (QED) is 0.856. The van der Waals surface area contributed by atoms with Gasteiger partial charge >= 0.3 is 0 Å². The first-order valence-electron chi connectivity index (χ1n) is 6.97. The summed E-state index contributed by atoms with van der Waals surface area (Å²) < 4.78 is 5.26. The molecule has 5 heteroatoms. The van der Waals surface area contributed by atoms with Crippen molar-refractivity contribution in [1.82, 2.24) is 5.32 Å². The summed E-state index contributed by atoms with van der Waals surface area (Å²) in [6, 6.07) is 7.65. The highest BCUT2D eigenvalue weighted by Crippen LogP contribution is 2.15. The minimum absolute atomic E-state index is 0.0310. The lowest BCUT2D eigenvalue weighted by Gasteiger charge is -2.12. The highest BCUT2D eigenvalue weighted by Gasteiger charge is 2.23. The van der Waals surface area contributed by atoms with Gasteiger partial charge in [0.1, 0.15) is 6.10 Å². The molecule has 1 heterocycles. The summed E-state index contributed by atoms with van der Waals surface area (Å²) in [5.74, 6) is -0.432. The largest absolute Gasteiger partial charge is 0.368 e. The van der Waals surface area contributed by atoms with Crippen molar-refractivity contribution in [2.24, 2.45) is 0 Å². The molecule has 1 atom stereocenters. The van der Waals surface area contributed by atoms with Gasteiger partial charge in [-0.3, -0.25) is 9.59 Å². The molecule has 0 aliphatic carbocycles. The number of nitrogens with one attached hydrogen (secondary N) is 2. The Kier molecular flexibility index (Phi) is 5.12. The lowest BCUT2D eigenvalue weighted by molar-refractivity contribution is -0.131. The molecule has 20 heavy (non-hydrogen) atoms. The number of ether oxygens (including phenoxy) is 1. The molecule has 2 N–H and O–H groups in total. The summed E-state index contributed by atoms with van der Waals surface area (Å²) >= 11 is 0. The molecule has 2 amide bonds. The van der Waals surface area contributed by atoms with Gasteiger partial charge in [-0.1, -0.05) is 25.1 Å². The zero-order chi connectivity index (χ0) is 14.4. The first kappa shape index (κ1) is 14.5. The predicted octanol–water partition coefficient (Wildman–Crippen LogP) is 1.48.